The highest BCUT2D eigenvalue weighted by molar-refractivity contribution is 6.32. The normalized spacial score (nSPS) is 20.7. The smallest absolute Gasteiger partial charge is 0.244 e. The van der Waals surface area contributed by atoms with Gasteiger partial charge in [-0.1, -0.05) is 42.6 Å². The number of piperidine rings is 1. The minimum Gasteiger partial charge on any atom is -0.352 e. The summed E-state index contributed by atoms with van der Waals surface area (Å²) < 4.78 is 0. The standard InChI is InChI=1S/C20H27ClN2O/c21-19-8-4-1-5-17(19)9-10-20(24)22-15-16-11-13-23(14-12-16)18-6-2-3-7-18/h1,4-5,8-10,16,18H,2-3,6-7,11-15H2,(H,22,24)/b10-9+. The zero-order valence-corrected chi connectivity index (χ0v) is 15.0. The summed E-state index contributed by atoms with van der Waals surface area (Å²) in [5, 5.41) is 3.71. The lowest BCUT2D eigenvalue weighted by atomic mass is 9.95. The summed E-state index contributed by atoms with van der Waals surface area (Å²) in [5.41, 5.74) is 0.874. The van der Waals surface area contributed by atoms with Crippen LogP contribution >= 0.6 is 11.6 Å². The number of halogens is 1. The van der Waals surface area contributed by atoms with Crippen molar-refractivity contribution in [3.05, 3.63) is 40.9 Å². The third-order valence-corrected chi connectivity index (χ3v) is 5.72. The Hall–Kier alpha value is -1.32. The molecule has 4 heteroatoms. The number of nitrogens with zero attached hydrogens (tertiary/aromatic N) is 1. The first-order valence-corrected chi connectivity index (χ1v) is 9.54. The van der Waals surface area contributed by atoms with E-state index in [1.807, 2.05) is 24.3 Å². The van der Waals surface area contributed by atoms with Crippen LogP contribution in [0.4, 0.5) is 0 Å². The molecule has 0 radical (unpaired) electrons. The van der Waals surface area contributed by atoms with Crippen LogP contribution in [0.5, 0.6) is 0 Å². The van der Waals surface area contributed by atoms with Gasteiger partial charge in [0, 0.05) is 23.7 Å². The summed E-state index contributed by atoms with van der Waals surface area (Å²) in [7, 11) is 0. The van der Waals surface area contributed by atoms with Crippen molar-refractivity contribution in [3.63, 3.8) is 0 Å². The van der Waals surface area contributed by atoms with Crippen LogP contribution in [0.1, 0.15) is 44.1 Å². The van der Waals surface area contributed by atoms with Crippen LogP contribution in [0.3, 0.4) is 0 Å². The molecule has 1 N–H and O–H groups in total. The summed E-state index contributed by atoms with van der Waals surface area (Å²) in [6.45, 7) is 3.17. The third-order valence-electron chi connectivity index (χ3n) is 5.37. The van der Waals surface area contributed by atoms with E-state index in [9.17, 15) is 4.79 Å². The number of benzene rings is 1. The van der Waals surface area contributed by atoms with Crippen molar-refractivity contribution in [2.75, 3.05) is 19.6 Å². The molecule has 0 unspecified atom stereocenters. The van der Waals surface area contributed by atoms with Crippen molar-refractivity contribution in [1.29, 1.82) is 0 Å². The minimum atomic E-state index is -0.0341. The highest BCUT2D eigenvalue weighted by Gasteiger charge is 2.26. The van der Waals surface area contributed by atoms with Crippen molar-refractivity contribution in [3.8, 4) is 0 Å². The van der Waals surface area contributed by atoms with Gasteiger partial charge in [-0.3, -0.25) is 4.79 Å². The van der Waals surface area contributed by atoms with Crippen LogP contribution in [0, 0.1) is 5.92 Å². The van der Waals surface area contributed by atoms with Gasteiger partial charge in [0.1, 0.15) is 0 Å². The van der Waals surface area contributed by atoms with Crippen LogP contribution < -0.4 is 5.32 Å². The molecule has 1 aromatic rings. The number of hydrogen-bond acceptors (Lipinski definition) is 2. The molecule has 3 nitrogen and oxygen atoms in total. The molecule has 2 aliphatic rings. The molecule has 1 aliphatic heterocycles. The first-order valence-electron chi connectivity index (χ1n) is 9.17. The Morgan fingerprint density at radius 2 is 1.88 bits per heavy atom. The molecule has 1 aromatic carbocycles. The van der Waals surface area contributed by atoms with E-state index in [1.54, 1.807) is 12.2 Å². The molecule has 24 heavy (non-hydrogen) atoms. The maximum absolute atomic E-state index is 12.0. The highest BCUT2D eigenvalue weighted by atomic mass is 35.5. The maximum atomic E-state index is 12.0. The van der Waals surface area contributed by atoms with Gasteiger partial charge in [-0.25, -0.2) is 0 Å². The molecule has 1 saturated heterocycles. The maximum Gasteiger partial charge on any atom is 0.244 e. The number of nitrogens with one attached hydrogen (secondary N) is 1. The lowest BCUT2D eigenvalue weighted by Gasteiger charge is -2.36. The van der Waals surface area contributed by atoms with Gasteiger partial charge in [-0.05, 0) is 62.4 Å². The zero-order valence-electron chi connectivity index (χ0n) is 14.2. The van der Waals surface area contributed by atoms with Crippen molar-refractivity contribution in [1.82, 2.24) is 10.2 Å². The highest BCUT2D eigenvalue weighted by Crippen LogP contribution is 2.27. The Morgan fingerprint density at radius 1 is 1.17 bits per heavy atom. The lowest BCUT2D eigenvalue weighted by Crippen LogP contribution is -2.42. The van der Waals surface area contributed by atoms with Crippen LogP contribution in [0.25, 0.3) is 6.08 Å². The summed E-state index contributed by atoms with van der Waals surface area (Å²) in [6.07, 6.45) is 11.3. The fourth-order valence-corrected chi connectivity index (χ4v) is 4.07. The largest absolute Gasteiger partial charge is 0.352 e. The second-order valence-corrected chi connectivity index (χ2v) is 7.42. The molecule has 0 aromatic heterocycles. The van der Waals surface area contributed by atoms with E-state index in [2.05, 4.69) is 10.2 Å². The first kappa shape index (κ1) is 17.5. The second-order valence-electron chi connectivity index (χ2n) is 7.02. The summed E-state index contributed by atoms with van der Waals surface area (Å²) in [4.78, 5) is 14.7. The zero-order chi connectivity index (χ0) is 16.8. The molecular weight excluding hydrogens is 320 g/mol. The average molecular weight is 347 g/mol. The molecule has 130 valence electrons. The average Bonchev–Trinajstić information content (AvgIpc) is 3.14. The van der Waals surface area contributed by atoms with Gasteiger partial charge in [0.2, 0.25) is 5.91 Å². The number of carbonyl (C=O) groups excluding carboxylic acids is 1. The number of carbonyl (C=O) groups is 1. The van der Waals surface area contributed by atoms with Crippen molar-refractivity contribution < 1.29 is 4.79 Å². The van der Waals surface area contributed by atoms with Gasteiger partial charge < -0.3 is 10.2 Å². The van der Waals surface area contributed by atoms with Crippen LogP contribution in [0.2, 0.25) is 5.02 Å². The van der Waals surface area contributed by atoms with E-state index in [0.29, 0.717) is 10.9 Å². The van der Waals surface area contributed by atoms with Gasteiger partial charge in [0.15, 0.2) is 0 Å². The van der Waals surface area contributed by atoms with Gasteiger partial charge in [-0.2, -0.15) is 0 Å². The molecule has 0 atom stereocenters. The van der Waals surface area contributed by atoms with E-state index >= 15 is 0 Å². The van der Waals surface area contributed by atoms with E-state index < -0.39 is 0 Å². The molecule has 1 aliphatic carbocycles. The predicted molar refractivity (Wildman–Crippen MR) is 100 cm³/mol. The summed E-state index contributed by atoms with van der Waals surface area (Å²) >= 11 is 6.09. The van der Waals surface area contributed by atoms with Crippen molar-refractivity contribution >= 4 is 23.6 Å². The van der Waals surface area contributed by atoms with Crippen LogP contribution in [-0.4, -0.2) is 36.5 Å². The Kier molecular flexibility index (Phi) is 6.33. The minimum absolute atomic E-state index is 0.0341. The van der Waals surface area contributed by atoms with Crippen LogP contribution in [-0.2, 0) is 4.79 Å². The molecule has 1 amide bonds. The summed E-state index contributed by atoms with van der Waals surface area (Å²) in [6, 6.07) is 8.38. The topological polar surface area (TPSA) is 32.3 Å². The molecule has 0 bridgehead atoms. The number of hydrogen-bond donors (Lipinski definition) is 1. The van der Waals surface area contributed by atoms with Gasteiger partial charge in [0.05, 0.1) is 0 Å². The molecular formula is C20H27ClN2O. The molecule has 1 heterocycles. The van der Waals surface area contributed by atoms with Gasteiger partial charge in [0.25, 0.3) is 0 Å². The molecule has 2 fully saturated rings. The van der Waals surface area contributed by atoms with Gasteiger partial charge >= 0.3 is 0 Å². The molecule has 3 rings (SSSR count). The predicted octanol–water partition coefficient (Wildman–Crippen LogP) is 4.12. The molecule has 1 saturated carbocycles. The van der Waals surface area contributed by atoms with Gasteiger partial charge in [-0.15, -0.1) is 0 Å². The number of rotatable bonds is 5. The summed E-state index contributed by atoms with van der Waals surface area (Å²) in [5.74, 6) is 0.577. The van der Waals surface area contributed by atoms with Crippen molar-refractivity contribution in [2.45, 2.75) is 44.6 Å². The lowest BCUT2D eigenvalue weighted by molar-refractivity contribution is -0.116. The number of likely N-dealkylation sites (tertiary alicyclic amines) is 1. The quantitative estimate of drug-likeness (QED) is 0.813. The van der Waals surface area contributed by atoms with E-state index in [0.717, 1.165) is 18.2 Å². The second kappa shape index (κ2) is 8.68. The third kappa shape index (κ3) is 4.84. The van der Waals surface area contributed by atoms with E-state index in [-0.39, 0.29) is 5.91 Å². The first-order chi connectivity index (χ1) is 11.7. The Morgan fingerprint density at radius 3 is 2.58 bits per heavy atom. The van der Waals surface area contributed by atoms with E-state index in [4.69, 9.17) is 11.6 Å². The SMILES string of the molecule is O=C(/C=C/c1ccccc1Cl)NCC1CCN(C2CCCC2)CC1. The Balaban J connectivity index is 1.38. The monoisotopic (exact) mass is 346 g/mol. The van der Waals surface area contributed by atoms with E-state index in [1.165, 1.54) is 51.6 Å². The van der Waals surface area contributed by atoms with Crippen LogP contribution in [0.15, 0.2) is 30.3 Å². The fraction of sp³-hybridized carbons (Fsp3) is 0.550. The Labute approximate surface area is 150 Å². The fourth-order valence-electron chi connectivity index (χ4n) is 3.87. The molecule has 0 spiro atoms. The number of amides is 1. The van der Waals surface area contributed by atoms with Crippen molar-refractivity contribution in [2.24, 2.45) is 5.92 Å². The Bertz CT molecular complexity index is 573.